The largest absolute Gasteiger partial charge is 0.389 e. The molecular weight excluding hydrogens is 254 g/mol. The first-order valence-electron chi connectivity index (χ1n) is 7.20. The SMILES string of the molecule is COCC(O)CN1CCN(c2cccc(C)n2)CC1C. The average Bonchev–Trinajstić information content (AvgIpc) is 2.41. The first kappa shape index (κ1) is 15.2. The van der Waals surface area contributed by atoms with Gasteiger partial charge < -0.3 is 14.7 Å². The molecule has 2 unspecified atom stereocenters. The van der Waals surface area contributed by atoms with Crippen molar-refractivity contribution >= 4 is 5.82 Å². The summed E-state index contributed by atoms with van der Waals surface area (Å²) in [5.74, 6) is 1.05. The van der Waals surface area contributed by atoms with E-state index in [4.69, 9.17) is 4.74 Å². The van der Waals surface area contributed by atoms with Crippen molar-refractivity contribution in [2.24, 2.45) is 0 Å². The number of aliphatic hydroxyl groups excluding tert-OH is 1. The van der Waals surface area contributed by atoms with E-state index in [1.165, 1.54) is 0 Å². The van der Waals surface area contributed by atoms with Crippen LogP contribution >= 0.6 is 0 Å². The molecule has 1 aliphatic rings. The molecular formula is C15H25N3O2. The van der Waals surface area contributed by atoms with Gasteiger partial charge in [0.2, 0.25) is 0 Å². The van der Waals surface area contributed by atoms with Crippen LogP contribution in [0, 0.1) is 6.92 Å². The zero-order chi connectivity index (χ0) is 14.5. The van der Waals surface area contributed by atoms with Crippen LogP contribution in [0.3, 0.4) is 0 Å². The Hall–Kier alpha value is -1.17. The van der Waals surface area contributed by atoms with Crippen molar-refractivity contribution in [1.29, 1.82) is 0 Å². The van der Waals surface area contributed by atoms with Crippen molar-refractivity contribution in [2.45, 2.75) is 26.0 Å². The highest BCUT2D eigenvalue weighted by Gasteiger charge is 2.25. The lowest BCUT2D eigenvalue weighted by atomic mass is 10.1. The summed E-state index contributed by atoms with van der Waals surface area (Å²) in [5, 5.41) is 9.85. The molecule has 1 saturated heterocycles. The fourth-order valence-corrected chi connectivity index (χ4v) is 2.70. The number of hydrogen-bond donors (Lipinski definition) is 1. The fraction of sp³-hybridized carbons (Fsp3) is 0.667. The minimum absolute atomic E-state index is 0.395. The minimum atomic E-state index is -0.411. The van der Waals surface area contributed by atoms with E-state index in [2.05, 4.69) is 33.8 Å². The number of ether oxygens (including phenoxy) is 1. The van der Waals surface area contributed by atoms with Gasteiger partial charge in [-0.25, -0.2) is 4.98 Å². The molecule has 0 aliphatic carbocycles. The van der Waals surface area contributed by atoms with Crippen molar-refractivity contribution in [3.63, 3.8) is 0 Å². The van der Waals surface area contributed by atoms with Gasteiger partial charge in [-0.1, -0.05) is 6.07 Å². The third kappa shape index (κ3) is 3.91. The molecule has 1 aromatic rings. The van der Waals surface area contributed by atoms with Crippen LogP contribution in [0.15, 0.2) is 18.2 Å². The molecule has 1 aliphatic heterocycles. The highest BCUT2D eigenvalue weighted by atomic mass is 16.5. The molecule has 0 bridgehead atoms. The summed E-state index contributed by atoms with van der Waals surface area (Å²) in [4.78, 5) is 9.22. The van der Waals surface area contributed by atoms with Crippen molar-refractivity contribution in [2.75, 3.05) is 44.8 Å². The Morgan fingerprint density at radius 2 is 2.25 bits per heavy atom. The summed E-state index contributed by atoms with van der Waals surface area (Å²) in [6.45, 7) is 8.11. The molecule has 1 N–H and O–H groups in total. The lowest BCUT2D eigenvalue weighted by Crippen LogP contribution is -2.54. The number of nitrogens with zero attached hydrogens (tertiary/aromatic N) is 3. The van der Waals surface area contributed by atoms with Gasteiger partial charge in [0, 0.05) is 45.0 Å². The molecule has 1 fully saturated rings. The Morgan fingerprint density at radius 3 is 2.90 bits per heavy atom. The van der Waals surface area contributed by atoms with Crippen LogP contribution < -0.4 is 4.90 Å². The van der Waals surface area contributed by atoms with Crippen LogP contribution in [0.4, 0.5) is 5.82 Å². The molecule has 20 heavy (non-hydrogen) atoms. The van der Waals surface area contributed by atoms with Crippen LogP contribution in [0.1, 0.15) is 12.6 Å². The number of aromatic nitrogens is 1. The van der Waals surface area contributed by atoms with Crippen LogP contribution in [0.2, 0.25) is 0 Å². The zero-order valence-electron chi connectivity index (χ0n) is 12.6. The molecule has 2 rings (SSSR count). The van der Waals surface area contributed by atoms with E-state index in [0.717, 1.165) is 31.1 Å². The summed E-state index contributed by atoms with van der Waals surface area (Å²) < 4.78 is 4.99. The molecule has 5 heteroatoms. The van der Waals surface area contributed by atoms with Gasteiger partial charge >= 0.3 is 0 Å². The third-order valence-corrected chi connectivity index (χ3v) is 3.77. The van der Waals surface area contributed by atoms with E-state index in [1.54, 1.807) is 7.11 Å². The maximum Gasteiger partial charge on any atom is 0.128 e. The number of pyridine rings is 1. The van der Waals surface area contributed by atoms with E-state index < -0.39 is 6.10 Å². The van der Waals surface area contributed by atoms with Crippen molar-refractivity contribution < 1.29 is 9.84 Å². The second-order valence-corrected chi connectivity index (χ2v) is 5.54. The molecule has 0 spiro atoms. The molecule has 0 amide bonds. The summed E-state index contributed by atoms with van der Waals surface area (Å²) in [5.41, 5.74) is 1.05. The van der Waals surface area contributed by atoms with E-state index in [9.17, 15) is 5.11 Å². The predicted octanol–water partition coefficient (Wildman–Crippen LogP) is 0.908. The Kier molecular flexibility index (Phi) is 5.34. The quantitative estimate of drug-likeness (QED) is 0.868. The van der Waals surface area contributed by atoms with Crippen LogP contribution in [-0.2, 0) is 4.74 Å². The third-order valence-electron chi connectivity index (χ3n) is 3.77. The second-order valence-electron chi connectivity index (χ2n) is 5.54. The molecule has 2 atom stereocenters. The highest BCUT2D eigenvalue weighted by Crippen LogP contribution is 2.17. The number of methoxy groups -OCH3 is 1. The van der Waals surface area contributed by atoms with Crippen LogP contribution in [-0.4, -0.2) is 67.0 Å². The van der Waals surface area contributed by atoms with Gasteiger partial charge in [-0.05, 0) is 26.0 Å². The van der Waals surface area contributed by atoms with Gasteiger partial charge in [-0.15, -0.1) is 0 Å². The lowest BCUT2D eigenvalue weighted by Gasteiger charge is -2.41. The number of β-amino-alcohol motifs (C(OH)–C–C–N with tert-alkyl or cyclic N) is 1. The van der Waals surface area contributed by atoms with Crippen LogP contribution in [0.25, 0.3) is 0 Å². The number of anilines is 1. The number of hydrogen-bond acceptors (Lipinski definition) is 5. The molecule has 112 valence electrons. The van der Waals surface area contributed by atoms with Gasteiger partial charge in [0.05, 0.1) is 12.7 Å². The number of aliphatic hydroxyl groups is 1. The topological polar surface area (TPSA) is 48.8 Å². The maximum atomic E-state index is 9.85. The Labute approximate surface area is 121 Å². The standard InChI is InChI=1S/C15H25N3O2/c1-12-5-4-6-15(16-12)18-8-7-17(13(2)9-18)10-14(19)11-20-3/h4-6,13-14,19H,7-11H2,1-3H3. The molecule has 0 saturated carbocycles. The van der Waals surface area contributed by atoms with Gasteiger partial charge in [-0.2, -0.15) is 0 Å². The molecule has 2 heterocycles. The van der Waals surface area contributed by atoms with Gasteiger partial charge in [0.15, 0.2) is 0 Å². The van der Waals surface area contributed by atoms with Gasteiger partial charge in [0.1, 0.15) is 5.82 Å². The number of piperazine rings is 1. The monoisotopic (exact) mass is 279 g/mol. The minimum Gasteiger partial charge on any atom is -0.389 e. The van der Waals surface area contributed by atoms with Gasteiger partial charge in [0.25, 0.3) is 0 Å². The first-order valence-corrected chi connectivity index (χ1v) is 7.20. The van der Waals surface area contributed by atoms with E-state index in [1.807, 2.05) is 13.0 Å². The molecule has 0 radical (unpaired) electrons. The summed E-state index contributed by atoms with van der Waals surface area (Å²) in [7, 11) is 1.62. The zero-order valence-corrected chi connectivity index (χ0v) is 12.6. The second kappa shape index (κ2) is 7.02. The molecule has 5 nitrogen and oxygen atoms in total. The Balaban J connectivity index is 1.92. The number of aryl methyl sites for hydroxylation is 1. The predicted molar refractivity (Wildman–Crippen MR) is 80.1 cm³/mol. The molecule has 0 aromatic carbocycles. The van der Waals surface area contributed by atoms with Crippen molar-refractivity contribution in [3.8, 4) is 0 Å². The van der Waals surface area contributed by atoms with Crippen molar-refractivity contribution in [1.82, 2.24) is 9.88 Å². The Morgan fingerprint density at radius 1 is 1.45 bits per heavy atom. The lowest BCUT2D eigenvalue weighted by molar-refractivity contribution is 0.0260. The van der Waals surface area contributed by atoms with Crippen LogP contribution in [0.5, 0.6) is 0 Å². The summed E-state index contributed by atoms with van der Waals surface area (Å²) in [6, 6.07) is 6.54. The summed E-state index contributed by atoms with van der Waals surface area (Å²) >= 11 is 0. The smallest absolute Gasteiger partial charge is 0.128 e. The van der Waals surface area contributed by atoms with Crippen molar-refractivity contribution in [3.05, 3.63) is 23.9 Å². The fourth-order valence-electron chi connectivity index (χ4n) is 2.70. The normalized spacial score (nSPS) is 22.0. The first-order chi connectivity index (χ1) is 9.60. The van der Waals surface area contributed by atoms with E-state index >= 15 is 0 Å². The molecule has 1 aromatic heterocycles. The van der Waals surface area contributed by atoms with E-state index in [0.29, 0.717) is 19.2 Å². The number of rotatable bonds is 5. The maximum absolute atomic E-state index is 9.85. The van der Waals surface area contributed by atoms with Gasteiger partial charge in [-0.3, -0.25) is 4.90 Å². The average molecular weight is 279 g/mol. The van der Waals surface area contributed by atoms with E-state index in [-0.39, 0.29) is 0 Å². The summed E-state index contributed by atoms with van der Waals surface area (Å²) in [6.07, 6.45) is -0.411. The Bertz CT molecular complexity index is 427. The highest BCUT2D eigenvalue weighted by molar-refractivity contribution is 5.40.